The third-order valence-electron chi connectivity index (χ3n) is 13.7. The van der Waals surface area contributed by atoms with Crippen molar-refractivity contribution in [2.24, 2.45) is 0 Å². The van der Waals surface area contributed by atoms with Gasteiger partial charge in [0.05, 0.1) is 51.0 Å². The number of aromatic nitrogens is 5. The second-order valence-electron chi connectivity index (χ2n) is 17.8. The highest BCUT2D eigenvalue weighted by molar-refractivity contribution is 6.13. The molecule has 0 aliphatic rings. The smallest absolute Gasteiger partial charge is 0.166 e. The molecule has 13 aromatic rings. The van der Waals surface area contributed by atoms with E-state index in [1.165, 1.54) is 5.39 Å². The van der Waals surface area contributed by atoms with Crippen LogP contribution in [0.2, 0.25) is 0 Å². The Morgan fingerprint density at radius 3 is 1.35 bits per heavy atom. The van der Waals surface area contributed by atoms with Crippen LogP contribution in [0.15, 0.2) is 237 Å². The van der Waals surface area contributed by atoms with Crippen molar-refractivity contribution >= 4 is 43.6 Å². The van der Waals surface area contributed by atoms with Crippen LogP contribution < -0.4 is 0 Å². The SMILES string of the molecule is N#Cc1ccccc1-c1ccc2c3ccc(-c4ccccc4C#N)cc3n(-c3ccc(-c4ccc5c(c4)c4ccccc4n5-c4ccccc4)cc3-c3nc(-c4ccccc4)nc(-c4ccccc4)n3)c2c1. The molecule has 0 aliphatic carbocycles. The van der Waals surface area contributed by atoms with E-state index in [1.807, 2.05) is 115 Å². The normalized spacial score (nSPS) is 11.3. The Kier molecular flexibility index (Phi) is 10.1. The lowest BCUT2D eigenvalue weighted by molar-refractivity contribution is 1.06. The molecule has 0 radical (unpaired) electrons. The van der Waals surface area contributed by atoms with Crippen molar-refractivity contribution < 1.29 is 0 Å². The quantitative estimate of drug-likeness (QED) is 0.151. The minimum Gasteiger partial charge on any atom is -0.309 e. The summed E-state index contributed by atoms with van der Waals surface area (Å²) in [5.41, 5.74) is 15.4. The van der Waals surface area contributed by atoms with Crippen molar-refractivity contribution in [3.63, 3.8) is 0 Å². The summed E-state index contributed by atoms with van der Waals surface area (Å²) in [6, 6.07) is 85.7. The number of hydrogen-bond acceptors (Lipinski definition) is 5. The number of nitrogens with zero attached hydrogens (tertiary/aromatic N) is 7. The van der Waals surface area contributed by atoms with Gasteiger partial charge in [0.1, 0.15) is 0 Å². The van der Waals surface area contributed by atoms with Gasteiger partial charge in [-0.1, -0.05) is 170 Å². The van der Waals surface area contributed by atoms with Crippen molar-refractivity contribution in [3.05, 3.63) is 248 Å². The summed E-state index contributed by atoms with van der Waals surface area (Å²) in [4.78, 5) is 15.8. The van der Waals surface area contributed by atoms with Crippen LogP contribution in [0, 0.1) is 22.7 Å². The lowest BCUT2D eigenvalue weighted by Gasteiger charge is -2.17. The zero-order valence-corrected chi connectivity index (χ0v) is 38.6. The van der Waals surface area contributed by atoms with Gasteiger partial charge in [-0.2, -0.15) is 10.5 Å². The Morgan fingerprint density at radius 1 is 0.292 bits per heavy atom. The number of hydrogen-bond donors (Lipinski definition) is 0. The molecule has 0 spiro atoms. The molecule has 0 aliphatic heterocycles. The summed E-state index contributed by atoms with van der Waals surface area (Å²) in [7, 11) is 0. The third-order valence-corrected chi connectivity index (χ3v) is 13.7. The van der Waals surface area contributed by atoms with Crippen LogP contribution in [-0.2, 0) is 0 Å². The molecule has 3 heterocycles. The maximum atomic E-state index is 10.3. The topological polar surface area (TPSA) is 96.1 Å². The molecule has 0 fully saturated rings. The van der Waals surface area contributed by atoms with E-state index < -0.39 is 0 Å². The monoisotopic (exact) mass is 917 g/mol. The molecule has 334 valence electrons. The Morgan fingerprint density at radius 2 is 0.750 bits per heavy atom. The van der Waals surface area contributed by atoms with E-state index in [4.69, 9.17) is 15.0 Å². The fourth-order valence-electron chi connectivity index (χ4n) is 10.3. The van der Waals surface area contributed by atoms with Gasteiger partial charge in [0.2, 0.25) is 0 Å². The van der Waals surface area contributed by atoms with E-state index in [1.54, 1.807) is 0 Å². The van der Waals surface area contributed by atoms with E-state index in [2.05, 4.69) is 143 Å². The van der Waals surface area contributed by atoms with Crippen molar-refractivity contribution in [2.45, 2.75) is 0 Å². The summed E-state index contributed by atoms with van der Waals surface area (Å²) in [5, 5.41) is 24.9. The molecule has 0 N–H and O–H groups in total. The highest BCUT2D eigenvalue weighted by atomic mass is 15.1. The molecule has 0 saturated heterocycles. The molecule has 0 unspecified atom stereocenters. The predicted octanol–water partition coefficient (Wildman–Crippen LogP) is 15.8. The highest BCUT2D eigenvalue weighted by Crippen LogP contribution is 2.42. The van der Waals surface area contributed by atoms with Crippen LogP contribution in [0.25, 0.3) is 123 Å². The summed E-state index contributed by atoms with van der Waals surface area (Å²) in [6.07, 6.45) is 0. The molecule has 0 bridgehead atoms. The number of rotatable bonds is 8. The molecule has 0 atom stereocenters. The van der Waals surface area contributed by atoms with Crippen molar-refractivity contribution in [2.75, 3.05) is 0 Å². The third kappa shape index (κ3) is 7.08. The molecule has 72 heavy (non-hydrogen) atoms. The number of nitriles is 2. The molecule has 0 amide bonds. The average Bonchev–Trinajstić information content (AvgIpc) is 3.97. The average molecular weight is 918 g/mol. The first-order valence-corrected chi connectivity index (χ1v) is 23.8. The Labute approximate surface area is 415 Å². The zero-order chi connectivity index (χ0) is 48.1. The molecular formula is C65H39N7. The first kappa shape index (κ1) is 41.9. The standard InChI is InChI=1S/C65H39N7/c66-40-48-20-10-12-24-51(48)46-28-32-54-55-33-29-47(52-25-13-11-21-49(52)41-67)39-62(55)72(61(54)38-46)60-35-31-45(44-30-34-59-56(36-44)53-26-14-15-27-58(53)71(59)50-22-8-3-9-23-50)37-57(60)65-69-63(42-16-4-1-5-17-42)68-64(70-65)43-18-6-2-7-19-43/h1-39H. The number of fused-ring (bicyclic) bond motifs is 6. The first-order chi connectivity index (χ1) is 35.6. The molecule has 7 nitrogen and oxygen atoms in total. The molecule has 0 saturated carbocycles. The van der Waals surface area contributed by atoms with Gasteiger partial charge in [-0.3, -0.25) is 0 Å². The zero-order valence-electron chi connectivity index (χ0n) is 38.6. The second-order valence-corrected chi connectivity index (χ2v) is 17.8. The van der Waals surface area contributed by atoms with E-state index in [-0.39, 0.29) is 0 Å². The van der Waals surface area contributed by atoms with Gasteiger partial charge in [-0.05, 0) is 100 Å². The maximum absolute atomic E-state index is 10.3. The van der Waals surface area contributed by atoms with Crippen LogP contribution in [0.1, 0.15) is 11.1 Å². The van der Waals surface area contributed by atoms with Crippen LogP contribution in [0.4, 0.5) is 0 Å². The number of para-hydroxylation sites is 2. The lowest BCUT2D eigenvalue weighted by atomic mass is 9.98. The van der Waals surface area contributed by atoms with Gasteiger partial charge in [0.15, 0.2) is 17.5 Å². The summed E-state index contributed by atoms with van der Waals surface area (Å²) in [6.45, 7) is 0. The van der Waals surface area contributed by atoms with Gasteiger partial charge in [0, 0.05) is 43.9 Å². The van der Waals surface area contributed by atoms with E-state index >= 15 is 0 Å². The summed E-state index contributed by atoms with van der Waals surface area (Å²) in [5.74, 6) is 1.62. The first-order valence-electron chi connectivity index (χ1n) is 23.8. The molecule has 7 heteroatoms. The summed E-state index contributed by atoms with van der Waals surface area (Å²) < 4.78 is 4.63. The van der Waals surface area contributed by atoms with Crippen LogP contribution >= 0.6 is 0 Å². The molecule has 3 aromatic heterocycles. The van der Waals surface area contributed by atoms with Crippen molar-refractivity contribution in [1.29, 1.82) is 10.5 Å². The number of benzene rings is 10. The van der Waals surface area contributed by atoms with Crippen LogP contribution in [-0.4, -0.2) is 24.1 Å². The van der Waals surface area contributed by atoms with Gasteiger partial charge < -0.3 is 9.13 Å². The van der Waals surface area contributed by atoms with Crippen molar-refractivity contribution in [3.8, 4) is 91.1 Å². The van der Waals surface area contributed by atoms with Crippen LogP contribution in [0.3, 0.4) is 0 Å². The second kappa shape index (κ2) is 17.4. The van der Waals surface area contributed by atoms with Gasteiger partial charge >= 0.3 is 0 Å². The Hall–Kier alpha value is -10.2. The van der Waals surface area contributed by atoms with Crippen molar-refractivity contribution in [1.82, 2.24) is 24.1 Å². The lowest BCUT2D eigenvalue weighted by Crippen LogP contribution is -2.04. The Balaban J connectivity index is 1.12. The van der Waals surface area contributed by atoms with Gasteiger partial charge in [-0.15, -0.1) is 0 Å². The highest BCUT2D eigenvalue weighted by Gasteiger charge is 2.23. The van der Waals surface area contributed by atoms with Gasteiger partial charge in [0.25, 0.3) is 0 Å². The van der Waals surface area contributed by atoms with E-state index in [0.717, 1.165) is 99.7 Å². The van der Waals surface area contributed by atoms with Gasteiger partial charge in [-0.25, -0.2) is 15.0 Å². The molecular weight excluding hydrogens is 879 g/mol. The Bertz CT molecular complexity index is 4180. The van der Waals surface area contributed by atoms with E-state index in [0.29, 0.717) is 28.6 Å². The predicted molar refractivity (Wildman–Crippen MR) is 291 cm³/mol. The largest absolute Gasteiger partial charge is 0.309 e. The van der Waals surface area contributed by atoms with Crippen LogP contribution in [0.5, 0.6) is 0 Å². The maximum Gasteiger partial charge on any atom is 0.166 e. The molecule has 10 aromatic carbocycles. The minimum atomic E-state index is 0.508. The van der Waals surface area contributed by atoms with E-state index in [9.17, 15) is 10.5 Å². The summed E-state index contributed by atoms with van der Waals surface area (Å²) >= 11 is 0. The molecule has 13 rings (SSSR count). The fourth-order valence-corrected chi connectivity index (χ4v) is 10.3. The fraction of sp³-hybridized carbons (Fsp3) is 0. The minimum absolute atomic E-state index is 0.508.